The number of piperidine rings is 1. The number of nitrogens with one attached hydrogen (secondary N) is 1. The van der Waals surface area contributed by atoms with Gasteiger partial charge in [0.2, 0.25) is 0 Å². The molecule has 4 rings (SSSR count). The Hall–Kier alpha value is -2.73. The van der Waals surface area contributed by atoms with Crippen LogP contribution in [0.5, 0.6) is 5.75 Å². The minimum atomic E-state index is 0.0643. The van der Waals surface area contributed by atoms with Crippen LogP contribution in [0.3, 0.4) is 0 Å². The summed E-state index contributed by atoms with van der Waals surface area (Å²) in [7, 11) is 2.08. The van der Waals surface area contributed by atoms with Crippen molar-refractivity contribution < 1.29 is 5.11 Å². The van der Waals surface area contributed by atoms with Crippen LogP contribution in [-0.2, 0) is 0 Å². The molecule has 1 saturated heterocycles. The van der Waals surface area contributed by atoms with Crippen molar-refractivity contribution in [3.05, 3.63) is 42.5 Å². The Morgan fingerprint density at radius 1 is 1.00 bits per heavy atom. The average molecular weight is 392 g/mol. The number of hydrogen-bond donors (Lipinski definition) is 2. The van der Waals surface area contributed by atoms with Crippen molar-refractivity contribution >= 4 is 16.7 Å². The molecule has 6 heteroatoms. The van der Waals surface area contributed by atoms with Crippen molar-refractivity contribution in [2.24, 2.45) is 0 Å². The SMILES string of the molecule is CN(c1ccc(-c2nc3ccccc3cc2O)nn1)C1CC(C)(C)NC(C)(C)C1. The molecule has 0 radical (unpaired) electrons. The van der Waals surface area contributed by atoms with Gasteiger partial charge in [-0.25, -0.2) is 4.98 Å². The molecule has 0 unspecified atom stereocenters. The van der Waals surface area contributed by atoms with E-state index in [1.54, 1.807) is 6.07 Å². The average Bonchev–Trinajstić information content (AvgIpc) is 2.64. The number of fused-ring (bicyclic) bond motifs is 1. The number of benzene rings is 1. The quantitative estimate of drug-likeness (QED) is 0.699. The van der Waals surface area contributed by atoms with Gasteiger partial charge in [-0.2, -0.15) is 0 Å². The molecular weight excluding hydrogens is 362 g/mol. The number of aromatic hydroxyl groups is 1. The summed E-state index contributed by atoms with van der Waals surface area (Å²) in [5.74, 6) is 0.938. The third kappa shape index (κ3) is 4.03. The molecule has 1 aromatic carbocycles. The molecule has 3 aromatic rings. The molecule has 2 aromatic heterocycles. The highest BCUT2D eigenvalue weighted by atomic mass is 16.3. The first kappa shape index (κ1) is 19.6. The molecule has 6 nitrogen and oxygen atoms in total. The van der Waals surface area contributed by atoms with Gasteiger partial charge in [0.1, 0.15) is 17.1 Å². The van der Waals surface area contributed by atoms with Crippen LogP contribution in [0, 0.1) is 0 Å². The van der Waals surface area contributed by atoms with Gasteiger partial charge in [-0.3, -0.25) is 0 Å². The lowest BCUT2D eigenvalue weighted by atomic mass is 9.79. The second-order valence-corrected chi connectivity index (χ2v) is 9.39. The number of hydrogen-bond acceptors (Lipinski definition) is 6. The van der Waals surface area contributed by atoms with E-state index in [9.17, 15) is 5.11 Å². The van der Waals surface area contributed by atoms with E-state index in [2.05, 4.69) is 60.1 Å². The van der Waals surface area contributed by atoms with Crippen LogP contribution in [0.15, 0.2) is 42.5 Å². The van der Waals surface area contributed by atoms with Gasteiger partial charge in [-0.15, -0.1) is 10.2 Å². The fourth-order valence-corrected chi connectivity index (χ4v) is 4.66. The standard InChI is InChI=1S/C23H29N5O/c1-22(2)13-16(14-23(3,4)27-22)28(5)20-11-10-18(25-26-20)21-19(29)12-15-8-6-7-9-17(15)24-21/h6-12,16,27,29H,13-14H2,1-5H3. The monoisotopic (exact) mass is 391 g/mol. The number of anilines is 1. The predicted octanol–water partition coefficient (Wildman–Crippen LogP) is 4.14. The highest BCUT2D eigenvalue weighted by molar-refractivity contribution is 5.84. The summed E-state index contributed by atoms with van der Waals surface area (Å²) in [5.41, 5.74) is 1.97. The van der Waals surface area contributed by atoms with Gasteiger partial charge in [0, 0.05) is 29.6 Å². The van der Waals surface area contributed by atoms with Crippen LogP contribution in [0.4, 0.5) is 5.82 Å². The van der Waals surface area contributed by atoms with E-state index in [0.717, 1.165) is 29.6 Å². The fraction of sp³-hybridized carbons (Fsp3) is 0.435. The fourth-order valence-electron chi connectivity index (χ4n) is 4.66. The van der Waals surface area contributed by atoms with Gasteiger partial charge in [0.25, 0.3) is 0 Å². The summed E-state index contributed by atoms with van der Waals surface area (Å²) in [6, 6.07) is 13.6. The van der Waals surface area contributed by atoms with Gasteiger partial charge in [0.05, 0.1) is 5.52 Å². The lowest BCUT2D eigenvalue weighted by molar-refractivity contribution is 0.160. The Morgan fingerprint density at radius 2 is 1.69 bits per heavy atom. The van der Waals surface area contributed by atoms with Crippen LogP contribution in [0.2, 0.25) is 0 Å². The van der Waals surface area contributed by atoms with E-state index in [1.165, 1.54) is 0 Å². The van der Waals surface area contributed by atoms with Crippen molar-refractivity contribution in [1.82, 2.24) is 20.5 Å². The molecule has 0 bridgehead atoms. The van der Waals surface area contributed by atoms with Crippen LogP contribution in [-0.4, -0.2) is 44.5 Å². The Morgan fingerprint density at radius 3 is 2.34 bits per heavy atom. The van der Waals surface area contributed by atoms with Crippen molar-refractivity contribution in [2.75, 3.05) is 11.9 Å². The van der Waals surface area contributed by atoms with Crippen LogP contribution in [0.1, 0.15) is 40.5 Å². The maximum atomic E-state index is 10.4. The van der Waals surface area contributed by atoms with E-state index < -0.39 is 0 Å². The third-order valence-corrected chi connectivity index (χ3v) is 5.67. The lowest BCUT2D eigenvalue weighted by Crippen LogP contribution is -2.62. The molecule has 0 aliphatic carbocycles. The maximum Gasteiger partial charge on any atom is 0.151 e. The zero-order valence-electron chi connectivity index (χ0n) is 17.8. The number of pyridine rings is 1. The zero-order valence-corrected chi connectivity index (χ0v) is 17.8. The highest BCUT2D eigenvalue weighted by Gasteiger charge is 2.39. The molecule has 1 aliphatic heterocycles. The highest BCUT2D eigenvalue weighted by Crippen LogP contribution is 2.33. The topological polar surface area (TPSA) is 74.2 Å². The van der Waals surface area contributed by atoms with Gasteiger partial charge in [-0.05, 0) is 64.8 Å². The summed E-state index contributed by atoms with van der Waals surface area (Å²) in [4.78, 5) is 6.79. The van der Waals surface area contributed by atoms with Gasteiger partial charge < -0.3 is 15.3 Å². The first-order valence-corrected chi connectivity index (χ1v) is 10.1. The largest absolute Gasteiger partial charge is 0.506 e. The minimum Gasteiger partial charge on any atom is -0.506 e. The van der Waals surface area contributed by atoms with E-state index in [0.29, 0.717) is 17.4 Å². The molecule has 29 heavy (non-hydrogen) atoms. The normalized spacial score (nSPS) is 18.7. The second-order valence-electron chi connectivity index (χ2n) is 9.39. The zero-order chi connectivity index (χ0) is 20.8. The first-order chi connectivity index (χ1) is 13.6. The lowest BCUT2D eigenvalue weighted by Gasteiger charge is -2.49. The molecule has 1 aliphatic rings. The Labute approximate surface area is 172 Å². The van der Waals surface area contributed by atoms with Gasteiger partial charge >= 0.3 is 0 Å². The van der Waals surface area contributed by atoms with Crippen LogP contribution >= 0.6 is 0 Å². The van der Waals surface area contributed by atoms with Gasteiger partial charge in [-0.1, -0.05) is 18.2 Å². The number of rotatable bonds is 3. The molecular formula is C23H29N5O. The van der Waals surface area contributed by atoms with Crippen LogP contribution in [0.25, 0.3) is 22.3 Å². The van der Waals surface area contributed by atoms with E-state index in [-0.39, 0.29) is 16.8 Å². The third-order valence-electron chi connectivity index (χ3n) is 5.67. The summed E-state index contributed by atoms with van der Waals surface area (Å²) in [6.45, 7) is 8.99. The maximum absolute atomic E-state index is 10.4. The van der Waals surface area contributed by atoms with E-state index in [1.807, 2.05) is 36.4 Å². The predicted molar refractivity (Wildman–Crippen MR) is 117 cm³/mol. The van der Waals surface area contributed by atoms with Gasteiger partial charge in [0.15, 0.2) is 5.82 Å². The molecule has 2 N–H and O–H groups in total. The molecule has 1 fully saturated rings. The Balaban J connectivity index is 1.60. The van der Waals surface area contributed by atoms with Crippen molar-refractivity contribution in [1.29, 1.82) is 0 Å². The molecule has 0 atom stereocenters. The Bertz CT molecular complexity index is 1010. The number of aromatic nitrogens is 3. The number of nitrogens with zero attached hydrogens (tertiary/aromatic N) is 4. The summed E-state index contributed by atoms with van der Waals surface area (Å²) in [6.07, 6.45) is 2.06. The molecule has 0 amide bonds. The van der Waals surface area contributed by atoms with Crippen molar-refractivity contribution in [3.8, 4) is 17.1 Å². The molecule has 152 valence electrons. The summed E-state index contributed by atoms with van der Waals surface area (Å²) >= 11 is 0. The first-order valence-electron chi connectivity index (χ1n) is 10.1. The summed E-state index contributed by atoms with van der Waals surface area (Å²) in [5, 5.41) is 23.9. The van der Waals surface area contributed by atoms with Crippen molar-refractivity contribution in [3.63, 3.8) is 0 Å². The summed E-state index contributed by atoms with van der Waals surface area (Å²) < 4.78 is 0. The Kier molecular flexibility index (Phi) is 4.69. The smallest absolute Gasteiger partial charge is 0.151 e. The molecule has 0 spiro atoms. The van der Waals surface area contributed by atoms with Crippen molar-refractivity contribution in [2.45, 2.75) is 57.7 Å². The second kappa shape index (κ2) is 6.95. The molecule has 3 heterocycles. The van der Waals surface area contributed by atoms with E-state index >= 15 is 0 Å². The number of para-hydroxylation sites is 1. The van der Waals surface area contributed by atoms with Crippen LogP contribution < -0.4 is 10.2 Å². The molecule has 0 saturated carbocycles. The van der Waals surface area contributed by atoms with E-state index in [4.69, 9.17) is 0 Å². The minimum absolute atomic E-state index is 0.0643.